The lowest BCUT2D eigenvalue weighted by Gasteiger charge is -2.23. The number of likely N-dealkylation sites (N-methyl/N-ethyl adjacent to an activating group) is 1. The van der Waals surface area contributed by atoms with E-state index < -0.39 is 5.41 Å². The second-order valence-corrected chi connectivity index (χ2v) is 5.40. The molecule has 0 radical (unpaired) electrons. The van der Waals surface area contributed by atoms with Crippen LogP contribution in [0.2, 0.25) is 0 Å². The van der Waals surface area contributed by atoms with Crippen LogP contribution in [0.3, 0.4) is 0 Å². The molecule has 0 aliphatic heterocycles. The number of thiocarbonyl (C=S) groups is 1. The van der Waals surface area contributed by atoms with Gasteiger partial charge in [0.15, 0.2) is 0 Å². The molecule has 1 amide bonds. The number of amides is 1. The Hall–Kier alpha value is -0.680. The van der Waals surface area contributed by atoms with E-state index in [1.807, 2.05) is 0 Å². The number of hydrogen-bond donors (Lipinski definition) is 2. The van der Waals surface area contributed by atoms with Gasteiger partial charge in [0.2, 0.25) is 5.91 Å². The minimum atomic E-state index is -0.756. The third-order valence-corrected chi connectivity index (χ3v) is 3.61. The largest absolute Gasteiger partial charge is 0.392 e. The van der Waals surface area contributed by atoms with Gasteiger partial charge in [-0.15, -0.1) is 0 Å². The molecule has 3 N–H and O–H groups in total. The van der Waals surface area contributed by atoms with Crippen molar-refractivity contribution in [2.45, 2.75) is 32.7 Å². The van der Waals surface area contributed by atoms with Crippen LogP contribution in [0.1, 0.15) is 26.7 Å². The number of carbonyl (C=O) groups is 1. The van der Waals surface area contributed by atoms with Crippen LogP contribution in [0.15, 0.2) is 0 Å². The SMILES string of the molecule is CN(CCNC(=O)C(C)(C)C(N)=S)C1CC1. The zero-order valence-corrected chi connectivity index (χ0v) is 11.1. The number of nitrogens with two attached hydrogens (primary N) is 1. The lowest BCUT2D eigenvalue weighted by atomic mass is 9.92. The fourth-order valence-electron chi connectivity index (χ4n) is 1.38. The normalized spacial score (nSPS) is 16.2. The van der Waals surface area contributed by atoms with Crippen LogP contribution in [-0.4, -0.2) is 42.0 Å². The molecular weight excluding hydrogens is 222 g/mol. The van der Waals surface area contributed by atoms with Crippen molar-refractivity contribution in [3.63, 3.8) is 0 Å². The quantitative estimate of drug-likeness (QED) is 0.667. The van der Waals surface area contributed by atoms with Gasteiger partial charge in [-0.3, -0.25) is 4.79 Å². The number of hydrogen-bond acceptors (Lipinski definition) is 3. The Balaban J connectivity index is 2.26. The highest BCUT2D eigenvalue weighted by Crippen LogP contribution is 2.24. The summed E-state index contributed by atoms with van der Waals surface area (Å²) in [6, 6.07) is 0.723. The summed E-state index contributed by atoms with van der Waals surface area (Å²) in [5, 5.41) is 2.87. The van der Waals surface area contributed by atoms with Crippen LogP contribution in [0, 0.1) is 5.41 Å². The Morgan fingerprint density at radius 3 is 2.56 bits per heavy atom. The molecule has 4 nitrogen and oxygen atoms in total. The number of carbonyl (C=O) groups excluding carboxylic acids is 1. The number of nitrogens with zero attached hydrogens (tertiary/aromatic N) is 1. The summed E-state index contributed by atoms with van der Waals surface area (Å²) < 4.78 is 0. The van der Waals surface area contributed by atoms with E-state index in [2.05, 4.69) is 17.3 Å². The molecule has 1 rings (SSSR count). The van der Waals surface area contributed by atoms with E-state index >= 15 is 0 Å². The van der Waals surface area contributed by atoms with Crippen LogP contribution >= 0.6 is 12.2 Å². The van der Waals surface area contributed by atoms with E-state index in [4.69, 9.17) is 18.0 Å². The van der Waals surface area contributed by atoms with Crippen LogP contribution in [-0.2, 0) is 4.79 Å². The van der Waals surface area contributed by atoms with Crippen molar-refractivity contribution >= 4 is 23.1 Å². The first-order valence-electron chi connectivity index (χ1n) is 5.64. The molecule has 0 aromatic rings. The van der Waals surface area contributed by atoms with E-state index in [1.165, 1.54) is 12.8 Å². The molecule has 92 valence electrons. The molecule has 0 heterocycles. The fraction of sp³-hybridized carbons (Fsp3) is 0.818. The van der Waals surface area contributed by atoms with E-state index in [1.54, 1.807) is 13.8 Å². The molecule has 0 aromatic heterocycles. The van der Waals surface area contributed by atoms with Crippen molar-refractivity contribution in [3.8, 4) is 0 Å². The second kappa shape index (κ2) is 5.10. The van der Waals surface area contributed by atoms with E-state index in [0.717, 1.165) is 12.6 Å². The van der Waals surface area contributed by atoms with E-state index in [0.29, 0.717) is 6.54 Å². The van der Waals surface area contributed by atoms with Gasteiger partial charge >= 0.3 is 0 Å². The minimum absolute atomic E-state index is 0.0933. The molecule has 0 unspecified atom stereocenters. The van der Waals surface area contributed by atoms with Gasteiger partial charge in [-0.2, -0.15) is 0 Å². The van der Waals surface area contributed by atoms with Gasteiger partial charge in [-0.1, -0.05) is 12.2 Å². The maximum absolute atomic E-state index is 11.8. The van der Waals surface area contributed by atoms with Gasteiger partial charge in [-0.05, 0) is 33.7 Å². The van der Waals surface area contributed by atoms with Crippen molar-refractivity contribution in [1.82, 2.24) is 10.2 Å². The van der Waals surface area contributed by atoms with Crippen molar-refractivity contribution in [1.29, 1.82) is 0 Å². The maximum atomic E-state index is 11.8. The Labute approximate surface area is 103 Å². The van der Waals surface area contributed by atoms with Gasteiger partial charge < -0.3 is 16.0 Å². The van der Waals surface area contributed by atoms with E-state index in [9.17, 15) is 4.79 Å². The average molecular weight is 243 g/mol. The third-order valence-electron chi connectivity index (χ3n) is 3.10. The predicted molar refractivity (Wildman–Crippen MR) is 69.2 cm³/mol. The van der Waals surface area contributed by atoms with Crippen LogP contribution in [0.5, 0.6) is 0 Å². The molecule has 0 saturated heterocycles. The van der Waals surface area contributed by atoms with Crippen molar-refractivity contribution in [2.75, 3.05) is 20.1 Å². The zero-order chi connectivity index (χ0) is 12.3. The van der Waals surface area contributed by atoms with Crippen molar-refractivity contribution in [2.24, 2.45) is 11.1 Å². The van der Waals surface area contributed by atoms with Gasteiger partial charge in [0.25, 0.3) is 0 Å². The van der Waals surface area contributed by atoms with Gasteiger partial charge in [0.05, 0.1) is 10.4 Å². The van der Waals surface area contributed by atoms with Gasteiger partial charge in [0, 0.05) is 19.1 Å². The lowest BCUT2D eigenvalue weighted by molar-refractivity contribution is -0.126. The summed E-state index contributed by atoms with van der Waals surface area (Å²) in [7, 11) is 2.09. The summed E-state index contributed by atoms with van der Waals surface area (Å²) >= 11 is 4.87. The first-order chi connectivity index (χ1) is 7.35. The van der Waals surface area contributed by atoms with E-state index in [-0.39, 0.29) is 10.9 Å². The Kier molecular flexibility index (Phi) is 4.27. The Morgan fingerprint density at radius 2 is 2.12 bits per heavy atom. The Bertz CT molecular complexity index is 287. The smallest absolute Gasteiger partial charge is 0.232 e. The molecule has 1 aliphatic carbocycles. The summed E-state index contributed by atoms with van der Waals surface area (Å²) in [5.41, 5.74) is 4.76. The monoisotopic (exact) mass is 243 g/mol. The molecule has 0 spiro atoms. The van der Waals surface area contributed by atoms with Gasteiger partial charge in [-0.25, -0.2) is 0 Å². The predicted octanol–water partition coefficient (Wildman–Crippen LogP) is 0.509. The first-order valence-corrected chi connectivity index (χ1v) is 6.05. The third kappa shape index (κ3) is 3.42. The summed E-state index contributed by atoms with van der Waals surface area (Å²) in [4.78, 5) is 14.3. The van der Waals surface area contributed by atoms with Crippen LogP contribution in [0.4, 0.5) is 0 Å². The molecule has 0 bridgehead atoms. The maximum Gasteiger partial charge on any atom is 0.232 e. The lowest BCUT2D eigenvalue weighted by Crippen LogP contribution is -2.46. The molecule has 16 heavy (non-hydrogen) atoms. The molecular formula is C11H21N3OS. The van der Waals surface area contributed by atoms with Gasteiger partial charge in [0.1, 0.15) is 0 Å². The molecule has 0 atom stereocenters. The molecule has 1 aliphatic rings. The molecule has 5 heteroatoms. The first kappa shape index (κ1) is 13.4. The topological polar surface area (TPSA) is 58.4 Å². The van der Waals surface area contributed by atoms with Crippen LogP contribution < -0.4 is 11.1 Å². The fourth-order valence-corrected chi connectivity index (χ4v) is 1.47. The molecule has 1 fully saturated rings. The van der Waals surface area contributed by atoms with Crippen molar-refractivity contribution in [3.05, 3.63) is 0 Å². The average Bonchev–Trinajstić information content (AvgIpc) is 3.00. The van der Waals surface area contributed by atoms with Crippen molar-refractivity contribution < 1.29 is 4.79 Å². The van der Waals surface area contributed by atoms with Crippen LogP contribution in [0.25, 0.3) is 0 Å². The molecule has 0 aromatic carbocycles. The summed E-state index contributed by atoms with van der Waals surface area (Å²) in [5.74, 6) is -0.0933. The minimum Gasteiger partial charge on any atom is -0.392 e. The number of nitrogens with one attached hydrogen (secondary N) is 1. The summed E-state index contributed by atoms with van der Waals surface area (Å²) in [6.45, 7) is 5.02. The zero-order valence-electron chi connectivity index (χ0n) is 10.2. The number of rotatable bonds is 6. The molecule has 1 saturated carbocycles. The Morgan fingerprint density at radius 1 is 1.56 bits per heavy atom. The highest BCUT2D eigenvalue weighted by atomic mass is 32.1. The highest BCUT2D eigenvalue weighted by Gasteiger charge is 2.31. The standard InChI is InChI=1S/C11H21N3OS/c1-11(2,9(12)16)10(15)13-6-7-14(3)8-4-5-8/h8H,4-7H2,1-3H3,(H2,12,16)(H,13,15). The summed E-state index contributed by atoms with van der Waals surface area (Å²) in [6.07, 6.45) is 2.56. The second-order valence-electron chi connectivity index (χ2n) is 4.96. The highest BCUT2D eigenvalue weighted by molar-refractivity contribution is 7.80.